The van der Waals surface area contributed by atoms with Crippen molar-refractivity contribution in [1.29, 1.82) is 0 Å². The molecule has 0 radical (unpaired) electrons. The van der Waals surface area contributed by atoms with E-state index in [0.29, 0.717) is 0 Å². The van der Waals surface area contributed by atoms with E-state index in [1.54, 1.807) is 11.3 Å². The number of hydrogen-bond donors (Lipinski definition) is 1. The minimum atomic E-state index is 0.0790. The van der Waals surface area contributed by atoms with E-state index in [4.69, 9.17) is 5.73 Å². The van der Waals surface area contributed by atoms with Crippen LogP contribution >= 0.6 is 11.3 Å². The monoisotopic (exact) mass is 233 g/mol. The number of rotatable bonds is 2. The first-order valence-corrected chi connectivity index (χ1v) is 6.76. The minimum Gasteiger partial charge on any atom is -0.324 e. The van der Waals surface area contributed by atoms with Gasteiger partial charge in [-0.05, 0) is 32.6 Å². The van der Waals surface area contributed by atoms with Crippen molar-refractivity contribution in [3.8, 4) is 0 Å². The van der Waals surface area contributed by atoms with E-state index in [1.807, 2.05) is 0 Å². The average Bonchev–Trinajstić information content (AvgIpc) is 3.10. The molecule has 84 valence electrons. The van der Waals surface area contributed by atoms with Crippen LogP contribution in [0.3, 0.4) is 0 Å². The number of hydrogen-bond acceptors (Lipinski definition) is 3. The number of thiazole rings is 1. The molecule has 0 atom stereocenters. The van der Waals surface area contributed by atoms with Gasteiger partial charge in [-0.3, -0.25) is 4.40 Å². The minimum absolute atomic E-state index is 0.0790. The van der Waals surface area contributed by atoms with Crippen molar-refractivity contribution in [2.75, 3.05) is 0 Å². The van der Waals surface area contributed by atoms with Crippen molar-refractivity contribution in [1.82, 2.24) is 9.38 Å². The van der Waals surface area contributed by atoms with Gasteiger partial charge in [-0.1, -0.05) is 0 Å². The van der Waals surface area contributed by atoms with Crippen molar-refractivity contribution < 1.29 is 0 Å². The molecule has 0 saturated heterocycles. The van der Waals surface area contributed by atoms with Crippen LogP contribution in [-0.2, 0) is 5.41 Å². The van der Waals surface area contributed by atoms with Crippen LogP contribution in [0.5, 0.6) is 0 Å². The Labute approximate surface area is 98.3 Å². The second kappa shape index (κ2) is 2.51. The van der Waals surface area contributed by atoms with Gasteiger partial charge in [0.05, 0.1) is 11.4 Å². The molecule has 2 aromatic heterocycles. The zero-order chi connectivity index (χ0) is 11.0. The molecule has 16 heavy (non-hydrogen) atoms. The molecule has 0 amide bonds. The summed E-state index contributed by atoms with van der Waals surface area (Å²) < 4.78 is 2.26. The maximum absolute atomic E-state index is 6.47. The maximum atomic E-state index is 6.47. The van der Waals surface area contributed by atoms with Gasteiger partial charge in [0.15, 0.2) is 4.96 Å². The molecule has 0 unspecified atom stereocenters. The Morgan fingerprint density at radius 1 is 1.38 bits per heavy atom. The van der Waals surface area contributed by atoms with Gasteiger partial charge in [0.25, 0.3) is 0 Å². The molecule has 2 aliphatic carbocycles. The smallest absolute Gasteiger partial charge is 0.194 e. The summed E-state index contributed by atoms with van der Waals surface area (Å²) in [6.45, 7) is 2.13. The Balaban J connectivity index is 1.99. The molecule has 0 aromatic carbocycles. The van der Waals surface area contributed by atoms with Crippen LogP contribution in [0.15, 0.2) is 11.6 Å². The first kappa shape index (κ1) is 9.19. The Morgan fingerprint density at radius 3 is 2.75 bits per heavy atom. The normalized spacial score (nSPS) is 24.9. The molecule has 0 spiro atoms. The molecule has 4 heteroatoms. The summed E-state index contributed by atoms with van der Waals surface area (Å²) in [7, 11) is 0. The average molecular weight is 233 g/mol. The number of nitrogens with two attached hydrogens (primary N) is 1. The Morgan fingerprint density at radius 2 is 2.12 bits per heavy atom. The number of imidazole rings is 1. The summed E-state index contributed by atoms with van der Waals surface area (Å²) in [5.74, 6) is 0. The van der Waals surface area contributed by atoms with Crippen LogP contribution < -0.4 is 5.73 Å². The van der Waals surface area contributed by atoms with Gasteiger partial charge < -0.3 is 5.73 Å². The first-order chi connectivity index (χ1) is 7.66. The third-order valence-corrected chi connectivity index (χ3v) is 5.14. The maximum Gasteiger partial charge on any atom is 0.194 e. The van der Waals surface area contributed by atoms with Gasteiger partial charge in [0, 0.05) is 22.5 Å². The third-order valence-electron chi connectivity index (χ3n) is 4.38. The highest BCUT2D eigenvalue weighted by atomic mass is 32.1. The van der Waals surface area contributed by atoms with Crippen molar-refractivity contribution in [3.05, 3.63) is 23.0 Å². The van der Waals surface area contributed by atoms with Crippen LogP contribution in [0.2, 0.25) is 0 Å². The summed E-state index contributed by atoms with van der Waals surface area (Å²) in [6, 6.07) is 0. The van der Waals surface area contributed by atoms with E-state index in [1.165, 1.54) is 37.1 Å². The van der Waals surface area contributed by atoms with E-state index in [-0.39, 0.29) is 11.0 Å². The topological polar surface area (TPSA) is 43.3 Å². The second-order valence-electron chi connectivity index (χ2n) is 5.34. The lowest BCUT2D eigenvalue weighted by molar-refractivity contribution is 0.486. The molecule has 0 aliphatic heterocycles. The van der Waals surface area contributed by atoms with Gasteiger partial charge in [-0.25, -0.2) is 4.98 Å². The van der Waals surface area contributed by atoms with Crippen LogP contribution in [0.1, 0.15) is 37.1 Å². The third kappa shape index (κ3) is 0.908. The summed E-state index contributed by atoms with van der Waals surface area (Å²) in [6.07, 6.45) is 7.00. The van der Waals surface area contributed by atoms with E-state index in [2.05, 4.69) is 27.9 Å². The fourth-order valence-corrected chi connectivity index (χ4v) is 3.94. The summed E-state index contributed by atoms with van der Waals surface area (Å²) in [5.41, 5.74) is 9.37. The van der Waals surface area contributed by atoms with Crippen molar-refractivity contribution in [2.45, 2.75) is 43.6 Å². The molecule has 2 aromatic rings. The van der Waals surface area contributed by atoms with Crippen molar-refractivity contribution in [2.24, 2.45) is 5.73 Å². The summed E-state index contributed by atoms with van der Waals surface area (Å²) >= 11 is 1.71. The number of aromatic nitrogens is 2. The van der Waals surface area contributed by atoms with Crippen LogP contribution in [-0.4, -0.2) is 14.9 Å². The predicted molar refractivity (Wildman–Crippen MR) is 64.9 cm³/mol. The predicted octanol–water partition coefficient (Wildman–Crippen LogP) is 2.23. The second-order valence-corrected chi connectivity index (χ2v) is 6.21. The molecule has 0 bridgehead atoms. The summed E-state index contributed by atoms with van der Waals surface area (Å²) in [4.78, 5) is 5.76. The fourth-order valence-electron chi connectivity index (χ4n) is 3.18. The van der Waals surface area contributed by atoms with Crippen LogP contribution in [0.4, 0.5) is 0 Å². The van der Waals surface area contributed by atoms with Gasteiger partial charge in [-0.2, -0.15) is 0 Å². The molecule has 2 aliphatic rings. The molecule has 4 rings (SSSR count). The Bertz CT molecular complexity index is 572. The molecule has 2 saturated carbocycles. The number of nitrogens with zero attached hydrogens (tertiary/aromatic N) is 2. The Kier molecular flexibility index (Phi) is 1.44. The van der Waals surface area contributed by atoms with Crippen LogP contribution in [0.25, 0.3) is 4.96 Å². The largest absolute Gasteiger partial charge is 0.324 e. The fraction of sp³-hybridized carbons (Fsp3) is 0.583. The van der Waals surface area contributed by atoms with Gasteiger partial charge in [-0.15, -0.1) is 11.3 Å². The molecule has 2 N–H and O–H groups in total. The first-order valence-electron chi connectivity index (χ1n) is 5.88. The van der Waals surface area contributed by atoms with Gasteiger partial charge in [0.2, 0.25) is 0 Å². The van der Waals surface area contributed by atoms with E-state index in [0.717, 1.165) is 4.96 Å². The number of aryl methyl sites for hydroxylation is 1. The highest BCUT2D eigenvalue weighted by molar-refractivity contribution is 7.15. The lowest BCUT2D eigenvalue weighted by Crippen LogP contribution is -2.38. The SMILES string of the molecule is Cc1nc2sccn2c1C1(C2(N)CC2)CC1. The lowest BCUT2D eigenvalue weighted by Gasteiger charge is -2.23. The highest BCUT2D eigenvalue weighted by Crippen LogP contribution is 2.64. The van der Waals surface area contributed by atoms with E-state index < -0.39 is 0 Å². The van der Waals surface area contributed by atoms with E-state index in [9.17, 15) is 0 Å². The standard InChI is InChI=1S/C12H15N3S/c1-8-9(15-6-7-16-10(15)14-8)11(2-3-11)12(13)4-5-12/h6-7H,2-5,13H2,1H3. The molecular formula is C12H15N3S. The lowest BCUT2D eigenvalue weighted by atomic mass is 9.89. The number of fused-ring (bicyclic) bond motifs is 1. The summed E-state index contributed by atoms with van der Waals surface area (Å²) in [5, 5.41) is 2.11. The van der Waals surface area contributed by atoms with Crippen molar-refractivity contribution in [3.63, 3.8) is 0 Å². The molecule has 2 fully saturated rings. The van der Waals surface area contributed by atoms with E-state index >= 15 is 0 Å². The van der Waals surface area contributed by atoms with Crippen molar-refractivity contribution >= 4 is 16.3 Å². The van der Waals surface area contributed by atoms with Gasteiger partial charge in [0.1, 0.15) is 0 Å². The molecule has 3 nitrogen and oxygen atoms in total. The quantitative estimate of drug-likeness (QED) is 0.864. The zero-order valence-corrected chi connectivity index (χ0v) is 10.2. The molecular weight excluding hydrogens is 218 g/mol. The zero-order valence-electron chi connectivity index (χ0n) is 9.36. The Hall–Kier alpha value is -0.870. The van der Waals surface area contributed by atoms with Gasteiger partial charge >= 0.3 is 0 Å². The van der Waals surface area contributed by atoms with Crippen LogP contribution in [0, 0.1) is 6.92 Å². The molecule has 2 heterocycles. The highest BCUT2D eigenvalue weighted by Gasteiger charge is 2.65.